The number of rotatable bonds is 15. The Morgan fingerprint density at radius 2 is 1.48 bits per heavy atom. The fourth-order valence-corrected chi connectivity index (χ4v) is 3.85. The zero-order valence-electron chi connectivity index (χ0n) is 23.2. The molecule has 2 rings (SSSR count). The van der Waals surface area contributed by atoms with E-state index in [0.717, 1.165) is 6.07 Å². The molecular weight excluding hydrogens is 556 g/mol. The number of benzene rings is 2. The van der Waals surface area contributed by atoms with Crippen molar-refractivity contribution in [2.24, 2.45) is 11.7 Å². The fraction of sp³-hybridized carbons (Fsp3) is 0.393. The number of phenolic OH excluding ortho intramolecular Hbond substituents is 1. The van der Waals surface area contributed by atoms with Crippen molar-refractivity contribution >= 4 is 29.6 Å². The Balaban J connectivity index is 1.92. The maximum Gasteiger partial charge on any atom is 0.326 e. The molecule has 12 nitrogen and oxygen atoms in total. The van der Waals surface area contributed by atoms with Gasteiger partial charge in [0.2, 0.25) is 23.6 Å². The summed E-state index contributed by atoms with van der Waals surface area (Å²) in [5.74, 6) is -5.90. The molecule has 2 aromatic carbocycles. The highest BCUT2D eigenvalue weighted by Crippen LogP contribution is 2.16. The number of carboxylic acids is 1. The molecule has 0 radical (unpaired) electrons. The molecule has 0 fully saturated rings. The SMILES string of the molecule is CC(C)C[C@H](NC(=O)[C@H](Cc1ccc(F)cc1)NC(=O)CNC(=O)CNC(=O)[C@@H](N)Cc1ccc(O)cc1F)C(=O)O. The van der Waals surface area contributed by atoms with E-state index >= 15 is 0 Å². The van der Waals surface area contributed by atoms with E-state index in [9.17, 15) is 43.0 Å². The van der Waals surface area contributed by atoms with Crippen molar-refractivity contribution < 1.29 is 43.0 Å². The molecule has 0 saturated carbocycles. The Labute approximate surface area is 241 Å². The third-order valence-corrected chi connectivity index (χ3v) is 6.01. The largest absolute Gasteiger partial charge is 0.508 e. The highest BCUT2D eigenvalue weighted by Gasteiger charge is 2.27. The first-order chi connectivity index (χ1) is 19.7. The summed E-state index contributed by atoms with van der Waals surface area (Å²) >= 11 is 0. The van der Waals surface area contributed by atoms with Crippen molar-refractivity contribution in [3.05, 3.63) is 65.2 Å². The van der Waals surface area contributed by atoms with Gasteiger partial charge in [0, 0.05) is 12.5 Å². The number of aliphatic carboxylic acids is 1. The van der Waals surface area contributed by atoms with Gasteiger partial charge in [0.05, 0.1) is 19.1 Å². The van der Waals surface area contributed by atoms with Crippen LogP contribution in [0.4, 0.5) is 8.78 Å². The van der Waals surface area contributed by atoms with Crippen LogP contribution in [0, 0.1) is 17.6 Å². The van der Waals surface area contributed by atoms with E-state index in [0.29, 0.717) is 5.56 Å². The third kappa shape index (κ3) is 11.5. The number of carbonyl (C=O) groups excluding carboxylic acids is 4. The molecule has 8 N–H and O–H groups in total. The molecule has 0 aliphatic carbocycles. The van der Waals surface area contributed by atoms with Gasteiger partial charge in [0.25, 0.3) is 0 Å². The van der Waals surface area contributed by atoms with Crippen LogP contribution in [0.15, 0.2) is 42.5 Å². The van der Waals surface area contributed by atoms with Crippen LogP contribution < -0.4 is 27.0 Å². The van der Waals surface area contributed by atoms with Crippen LogP contribution in [-0.4, -0.2) is 71.0 Å². The zero-order chi connectivity index (χ0) is 31.4. The summed E-state index contributed by atoms with van der Waals surface area (Å²) in [4.78, 5) is 61.5. The standard InChI is InChI=1S/C28H35F2N5O7/c1-15(2)9-23(28(41)42)35-27(40)22(10-16-3-6-18(29)7-4-16)34-25(38)14-32-24(37)13-33-26(39)21(31)11-17-5-8-19(36)12-20(17)30/h3-8,12,15,21-23,36H,9-11,13-14,31H2,1-2H3,(H,32,37)(H,33,39)(H,34,38)(H,35,40)(H,41,42)/t21-,22-,23-/m0/s1. The van der Waals surface area contributed by atoms with Crippen molar-refractivity contribution in [1.29, 1.82) is 0 Å². The van der Waals surface area contributed by atoms with Gasteiger partial charge in [-0.05, 0) is 48.1 Å². The summed E-state index contributed by atoms with van der Waals surface area (Å²) in [5, 5.41) is 28.1. The summed E-state index contributed by atoms with van der Waals surface area (Å²) in [6, 6.07) is 4.92. The second-order valence-corrected chi connectivity index (χ2v) is 10.1. The molecule has 0 spiro atoms. The Kier molecular flexibility index (Phi) is 12.8. The number of halogens is 2. The van der Waals surface area contributed by atoms with Crippen LogP contribution >= 0.6 is 0 Å². The number of amides is 4. The molecule has 14 heteroatoms. The van der Waals surface area contributed by atoms with Crippen molar-refractivity contribution in [1.82, 2.24) is 21.3 Å². The Hall–Kier alpha value is -4.59. The van der Waals surface area contributed by atoms with E-state index in [-0.39, 0.29) is 36.5 Å². The first-order valence-electron chi connectivity index (χ1n) is 13.1. The van der Waals surface area contributed by atoms with E-state index in [1.807, 2.05) is 0 Å². The lowest BCUT2D eigenvalue weighted by Crippen LogP contribution is -2.54. The van der Waals surface area contributed by atoms with Crippen LogP contribution in [0.5, 0.6) is 5.75 Å². The van der Waals surface area contributed by atoms with Gasteiger partial charge in [-0.2, -0.15) is 0 Å². The first-order valence-corrected chi connectivity index (χ1v) is 13.1. The lowest BCUT2D eigenvalue weighted by atomic mass is 10.0. The summed E-state index contributed by atoms with van der Waals surface area (Å²) in [6.45, 7) is 2.44. The molecule has 0 heterocycles. The minimum Gasteiger partial charge on any atom is -0.508 e. The maximum atomic E-state index is 13.9. The molecule has 3 atom stereocenters. The van der Waals surface area contributed by atoms with Crippen LogP contribution in [0.2, 0.25) is 0 Å². The summed E-state index contributed by atoms with van der Waals surface area (Å²) in [7, 11) is 0. The maximum absolute atomic E-state index is 13.9. The molecule has 0 bridgehead atoms. The smallest absolute Gasteiger partial charge is 0.326 e. The lowest BCUT2D eigenvalue weighted by molar-refractivity contribution is -0.142. The molecule has 0 aliphatic heterocycles. The topological polar surface area (TPSA) is 200 Å². The molecule has 0 aliphatic rings. The van der Waals surface area contributed by atoms with Crippen molar-refractivity contribution in [3.8, 4) is 5.75 Å². The number of carbonyl (C=O) groups is 5. The number of hydrogen-bond acceptors (Lipinski definition) is 7. The Bertz CT molecular complexity index is 1270. The van der Waals surface area contributed by atoms with Crippen LogP contribution in [0.25, 0.3) is 0 Å². The van der Waals surface area contributed by atoms with Gasteiger partial charge in [0.15, 0.2) is 0 Å². The van der Waals surface area contributed by atoms with E-state index in [1.54, 1.807) is 13.8 Å². The van der Waals surface area contributed by atoms with Gasteiger partial charge in [-0.1, -0.05) is 32.0 Å². The van der Waals surface area contributed by atoms with Crippen molar-refractivity contribution in [2.75, 3.05) is 13.1 Å². The normalized spacial score (nSPS) is 13.0. The third-order valence-electron chi connectivity index (χ3n) is 6.01. The highest BCUT2D eigenvalue weighted by molar-refractivity contribution is 5.93. The number of aromatic hydroxyl groups is 1. The van der Waals surface area contributed by atoms with Gasteiger partial charge in [-0.3, -0.25) is 19.2 Å². The molecule has 0 aromatic heterocycles. The average Bonchev–Trinajstić information content (AvgIpc) is 2.92. The highest BCUT2D eigenvalue weighted by atomic mass is 19.1. The number of phenols is 1. The van der Waals surface area contributed by atoms with Gasteiger partial charge in [0.1, 0.15) is 29.5 Å². The molecule has 228 valence electrons. The van der Waals surface area contributed by atoms with E-state index in [2.05, 4.69) is 21.3 Å². The molecule has 2 aromatic rings. The predicted molar refractivity (Wildman–Crippen MR) is 147 cm³/mol. The number of nitrogens with two attached hydrogens (primary N) is 1. The molecule has 42 heavy (non-hydrogen) atoms. The van der Waals surface area contributed by atoms with Gasteiger partial charge in [-0.15, -0.1) is 0 Å². The van der Waals surface area contributed by atoms with E-state index in [1.165, 1.54) is 36.4 Å². The van der Waals surface area contributed by atoms with E-state index < -0.39 is 72.4 Å². The zero-order valence-corrected chi connectivity index (χ0v) is 23.2. The Morgan fingerprint density at radius 3 is 2.07 bits per heavy atom. The van der Waals surface area contributed by atoms with Crippen LogP contribution in [0.1, 0.15) is 31.4 Å². The fourth-order valence-electron chi connectivity index (χ4n) is 3.85. The quantitative estimate of drug-likeness (QED) is 0.151. The lowest BCUT2D eigenvalue weighted by Gasteiger charge is -2.22. The number of nitrogens with one attached hydrogen (secondary N) is 4. The predicted octanol–water partition coefficient (Wildman–Crippen LogP) is 0.116. The van der Waals surface area contributed by atoms with Crippen molar-refractivity contribution in [3.63, 3.8) is 0 Å². The molecule has 4 amide bonds. The molecular formula is C28H35F2N5O7. The van der Waals surface area contributed by atoms with Gasteiger partial charge < -0.3 is 37.2 Å². The minimum absolute atomic E-state index is 0.0456. The average molecular weight is 592 g/mol. The second-order valence-electron chi connectivity index (χ2n) is 10.1. The van der Waals surface area contributed by atoms with Gasteiger partial charge in [-0.25, -0.2) is 13.6 Å². The van der Waals surface area contributed by atoms with E-state index in [4.69, 9.17) is 5.73 Å². The van der Waals surface area contributed by atoms with Crippen LogP contribution in [0.3, 0.4) is 0 Å². The summed E-state index contributed by atoms with van der Waals surface area (Å²) < 4.78 is 27.2. The number of carboxylic acid groups (broad SMARTS) is 1. The Morgan fingerprint density at radius 1 is 0.833 bits per heavy atom. The molecule has 0 unspecified atom stereocenters. The van der Waals surface area contributed by atoms with Crippen molar-refractivity contribution in [2.45, 2.75) is 51.2 Å². The second kappa shape index (κ2) is 16.0. The summed E-state index contributed by atoms with van der Waals surface area (Å²) in [6.07, 6.45) is -0.137. The van der Waals surface area contributed by atoms with Gasteiger partial charge >= 0.3 is 5.97 Å². The molecule has 0 saturated heterocycles. The first kappa shape index (κ1) is 33.6. The monoisotopic (exact) mass is 591 g/mol. The van der Waals surface area contributed by atoms with Crippen LogP contribution in [-0.2, 0) is 36.8 Å². The minimum atomic E-state index is -1.24. The summed E-state index contributed by atoms with van der Waals surface area (Å²) in [5.41, 5.74) is 6.35. The number of hydrogen-bond donors (Lipinski definition) is 7.